The molecule has 2 atom stereocenters. The molecular weight excluding hydrogens is 349 g/mol. The molecule has 1 N–H and O–H groups in total. The summed E-state index contributed by atoms with van der Waals surface area (Å²) in [6.07, 6.45) is 6.23. The highest BCUT2D eigenvalue weighted by molar-refractivity contribution is 5.71. The van der Waals surface area contributed by atoms with Crippen molar-refractivity contribution in [1.29, 1.82) is 5.26 Å². The van der Waals surface area contributed by atoms with Crippen LogP contribution in [0, 0.1) is 17.1 Å². The standard InChI is InChI=1S/C24H26FN3/c25-21-13-17(8-9-18(21)14-26)20-4-1-3-19(24(20)16-6-7-16)15-28-12-10-22-23(28)5-2-11-27-22/h1,3-4,8-9,13,16,22-23,27H,2,5-7,10-12,15H2/t22-,23-/m0/s1. The van der Waals surface area contributed by atoms with Gasteiger partial charge in [-0.1, -0.05) is 24.3 Å². The molecule has 4 heteroatoms. The summed E-state index contributed by atoms with van der Waals surface area (Å²) < 4.78 is 14.3. The van der Waals surface area contributed by atoms with Crippen LogP contribution >= 0.6 is 0 Å². The van der Waals surface area contributed by atoms with E-state index in [1.165, 1.54) is 49.3 Å². The average Bonchev–Trinajstić information content (AvgIpc) is 3.49. The van der Waals surface area contributed by atoms with Crippen molar-refractivity contribution < 1.29 is 4.39 Å². The van der Waals surface area contributed by atoms with Crippen LogP contribution in [0.4, 0.5) is 4.39 Å². The normalized spacial score (nSPS) is 24.7. The average molecular weight is 375 g/mol. The lowest BCUT2D eigenvalue weighted by molar-refractivity contribution is 0.193. The van der Waals surface area contributed by atoms with Crippen LogP contribution in [0.25, 0.3) is 11.1 Å². The Morgan fingerprint density at radius 2 is 2.04 bits per heavy atom. The van der Waals surface area contributed by atoms with Gasteiger partial charge < -0.3 is 5.32 Å². The molecule has 2 heterocycles. The number of fused-ring (bicyclic) bond motifs is 1. The van der Waals surface area contributed by atoms with E-state index in [-0.39, 0.29) is 5.56 Å². The Hall–Kier alpha value is -2.22. The van der Waals surface area contributed by atoms with Crippen LogP contribution < -0.4 is 5.32 Å². The van der Waals surface area contributed by atoms with Gasteiger partial charge in [0.25, 0.3) is 0 Å². The molecule has 0 amide bonds. The second kappa shape index (κ2) is 7.31. The smallest absolute Gasteiger partial charge is 0.141 e. The number of nitrogens with one attached hydrogen (secondary N) is 1. The minimum absolute atomic E-state index is 0.112. The summed E-state index contributed by atoms with van der Waals surface area (Å²) in [6, 6.07) is 14.7. The fourth-order valence-electron chi connectivity index (χ4n) is 5.18. The van der Waals surface area contributed by atoms with Crippen molar-refractivity contribution in [2.75, 3.05) is 13.1 Å². The number of likely N-dealkylation sites (tertiary alicyclic amines) is 1. The van der Waals surface area contributed by atoms with Crippen molar-refractivity contribution in [3.05, 3.63) is 58.9 Å². The molecule has 0 bridgehead atoms. The summed E-state index contributed by atoms with van der Waals surface area (Å²) in [4.78, 5) is 2.65. The zero-order valence-electron chi connectivity index (χ0n) is 16.1. The molecular formula is C24H26FN3. The van der Waals surface area contributed by atoms with Gasteiger partial charge in [0.15, 0.2) is 0 Å². The van der Waals surface area contributed by atoms with Gasteiger partial charge in [-0.25, -0.2) is 4.39 Å². The number of halogens is 1. The highest BCUT2D eigenvalue weighted by atomic mass is 19.1. The quantitative estimate of drug-likeness (QED) is 0.851. The van der Waals surface area contributed by atoms with E-state index in [1.54, 1.807) is 6.07 Å². The van der Waals surface area contributed by atoms with E-state index < -0.39 is 5.82 Å². The molecule has 28 heavy (non-hydrogen) atoms. The SMILES string of the molecule is N#Cc1ccc(-c2cccc(CN3CC[C@@H]4NCCC[C@@H]43)c2C2CC2)cc1F. The highest BCUT2D eigenvalue weighted by Gasteiger charge is 2.36. The van der Waals surface area contributed by atoms with Gasteiger partial charge in [-0.2, -0.15) is 5.26 Å². The molecule has 3 fully saturated rings. The fraction of sp³-hybridized carbons (Fsp3) is 0.458. The Balaban J connectivity index is 1.49. The predicted octanol–water partition coefficient (Wildman–Crippen LogP) is 4.57. The van der Waals surface area contributed by atoms with E-state index in [4.69, 9.17) is 5.26 Å². The van der Waals surface area contributed by atoms with Gasteiger partial charge in [-0.3, -0.25) is 4.90 Å². The van der Waals surface area contributed by atoms with Crippen LogP contribution in [0.1, 0.15) is 54.7 Å². The molecule has 0 spiro atoms. The Morgan fingerprint density at radius 3 is 2.82 bits per heavy atom. The van der Waals surface area contributed by atoms with Gasteiger partial charge in [0, 0.05) is 25.2 Å². The molecule has 2 aliphatic heterocycles. The lowest BCUT2D eigenvalue weighted by atomic mass is 9.91. The van der Waals surface area contributed by atoms with Crippen LogP contribution in [0.3, 0.4) is 0 Å². The number of hydrogen-bond donors (Lipinski definition) is 1. The number of piperidine rings is 1. The van der Waals surface area contributed by atoms with Crippen LogP contribution in [0.2, 0.25) is 0 Å². The van der Waals surface area contributed by atoms with Crippen molar-refractivity contribution in [3.8, 4) is 17.2 Å². The minimum Gasteiger partial charge on any atom is -0.312 e. The molecule has 144 valence electrons. The fourth-order valence-corrected chi connectivity index (χ4v) is 5.18. The first kappa shape index (κ1) is 17.8. The van der Waals surface area contributed by atoms with Crippen molar-refractivity contribution in [1.82, 2.24) is 10.2 Å². The molecule has 3 nitrogen and oxygen atoms in total. The monoisotopic (exact) mass is 375 g/mol. The van der Waals surface area contributed by atoms with Gasteiger partial charge >= 0.3 is 0 Å². The third-order valence-corrected chi connectivity index (χ3v) is 6.70. The van der Waals surface area contributed by atoms with E-state index in [2.05, 4.69) is 28.4 Å². The van der Waals surface area contributed by atoms with Crippen LogP contribution in [-0.4, -0.2) is 30.1 Å². The zero-order valence-corrected chi connectivity index (χ0v) is 16.1. The molecule has 2 saturated heterocycles. The minimum atomic E-state index is -0.428. The molecule has 2 aromatic rings. The number of nitrogens with zero attached hydrogens (tertiary/aromatic N) is 2. The molecule has 2 aromatic carbocycles. The van der Waals surface area contributed by atoms with E-state index in [9.17, 15) is 4.39 Å². The number of hydrogen-bond acceptors (Lipinski definition) is 3. The largest absolute Gasteiger partial charge is 0.312 e. The summed E-state index contributed by atoms with van der Waals surface area (Å²) in [5.41, 5.74) is 4.94. The molecule has 1 aliphatic carbocycles. The van der Waals surface area contributed by atoms with Gasteiger partial charge in [0.2, 0.25) is 0 Å². The Kier molecular flexibility index (Phi) is 4.66. The van der Waals surface area contributed by atoms with Crippen molar-refractivity contribution in [2.45, 2.75) is 56.7 Å². The summed E-state index contributed by atoms with van der Waals surface area (Å²) in [5.74, 6) is 0.163. The first-order valence-electron chi connectivity index (χ1n) is 10.5. The molecule has 0 radical (unpaired) electrons. The maximum absolute atomic E-state index is 14.3. The van der Waals surface area contributed by atoms with Crippen molar-refractivity contribution >= 4 is 0 Å². The van der Waals surface area contributed by atoms with E-state index in [0.717, 1.165) is 30.8 Å². The molecule has 1 saturated carbocycles. The lowest BCUT2D eigenvalue weighted by Crippen LogP contribution is -2.46. The molecule has 0 aromatic heterocycles. The van der Waals surface area contributed by atoms with E-state index in [0.29, 0.717) is 18.0 Å². The van der Waals surface area contributed by atoms with Gasteiger partial charge in [-0.15, -0.1) is 0 Å². The maximum Gasteiger partial charge on any atom is 0.141 e. The van der Waals surface area contributed by atoms with E-state index >= 15 is 0 Å². The number of benzene rings is 2. The van der Waals surface area contributed by atoms with Crippen LogP contribution in [0.15, 0.2) is 36.4 Å². The van der Waals surface area contributed by atoms with Crippen LogP contribution in [-0.2, 0) is 6.54 Å². The molecule has 5 rings (SSSR count). The molecule has 0 unspecified atom stereocenters. The number of rotatable bonds is 4. The van der Waals surface area contributed by atoms with E-state index in [1.807, 2.05) is 12.1 Å². The van der Waals surface area contributed by atoms with Gasteiger partial charge in [0.1, 0.15) is 11.9 Å². The van der Waals surface area contributed by atoms with Crippen LogP contribution in [0.5, 0.6) is 0 Å². The lowest BCUT2D eigenvalue weighted by Gasteiger charge is -2.33. The summed E-state index contributed by atoms with van der Waals surface area (Å²) >= 11 is 0. The Morgan fingerprint density at radius 1 is 1.14 bits per heavy atom. The predicted molar refractivity (Wildman–Crippen MR) is 108 cm³/mol. The Bertz CT molecular complexity index is 928. The third-order valence-electron chi connectivity index (χ3n) is 6.70. The highest BCUT2D eigenvalue weighted by Crippen LogP contribution is 2.47. The second-order valence-electron chi connectivity index (χ2n) is 8.49. The second-order valence-corrected chi connectivity index (χ2v) is 8.49. The number of nitriles is 1. The first-order chi connectivity index (χ1) is 13.7. The Labute approximate surface area is 166 Å². The summed E-state index contributed by atoms with van der Waals surface area (Å²) in [6.45, 7) is 3.30. The van der Waals surface area contributed by atoms with Gasteiger partial charge in [-0.05, 0) is 79.0 Å². The molecule has 3 aliphatic rings. The van der Waals surface area contributed by atoms with Crippen molar-refractivity contribution in [2.24, 2.45) is 0 Å². The first-order valence-corrected chi connectivity index (χ1v) is 10.5. The van der Waals surface area contributed by atoms with Gasteiger partial charge in [0.05, 0.1) is 5.56 Å². The summed E-state index contributed by atoms with van der Waals surface area (Å²) in [7, 11) is 0. The summed E-state index contributed by atoms with van der Waals surface area (Å²) in [5, 5.41) is 12.7. The third kappa shape index (κ3) is 3.23. The zero-order chi connectivity index (χ0) is 19.1. The topological polar surface area (TPSA) is 39.1 Å². The van der Waals surface area contributed by atoms with Crippen molar-refractivity contribution in [3.63, 3.8) is 0 Å². The maximum atomic E-state index is 14.3.